The van der Waals surface area contributed by atoms with Crippen molar-refractivity contribution in [1.82, 2.24) is 10.2 Å². The van der Waals surface area contributed by atoms with Gasteiger partial charge in [0, 0.05) is 31.7 Å². The summed E-state index contributed by atoms with van der Waals surface area (Å²) in [7, 11) is 1.77. The molecule has 6 heteroatoms. The fraction of sp³-hybridized carbons (Fsp3) is 0.900. The number of methoxy groups -OCH3 is 1. The second-order valence-corrected chi connectivity index (χ2v) is 7.89. The van der Waals surface area contributed by atoms with Gasteiger partial charge in [0.15, 0.2) is 0 Å². The summed E-state index contributed by atoms with van der Waals surface area (Å²) in [6.45, 7) is 4.64. The molecule has 2 aliphatic heterocycles. The van der Waals surface area contributed by atoms with Crippen LogP contribution in [0.25, 0.3) is 0 Å². The van der Waals surface area contributed by atoms with E-state index >= 15 is 0 Å². The Morgan fingerprint density at radius 2 is 1.92 bits per heavy atom. The first-order chi connectivity index (χ1) is 12.6. The quantitative estimate of drug-likeness (QED) is 0.536. The molecule has 0 saturated carbocycles. The van der Waals surface area contributed by atoms with Gasteiger partial charge in [-0.05, 0) is 52.0 Å². The molecule has 2 saturated heterocycles. The average Bonchev–Trinajstić information content (AvgIpc) is 3.14. The predicted molar refractivity (Wildman–Crippen MR) is 101 cm³/mol. The second kappa shape index (κ2) is 10.9. The lowest BCUT2D eigenvalue weighted by Crippen LogP contribution is -2.47. The molecule has 0 aromatic rings. The van der Waals surface area contributed by atoms with Crippen LogP contribution in [0.2, 0.25) is 0 Å². The van der Waals surface area contributed by atoms with Crippen molar-refractivity contribution in [2.75, 3.05) is 33.4 Å². The van der Waals surface area contributed by atoms with Crippen LogP contribution in [-0.4, -0.2) is 61.8 Å². The molecule has 2 rings (SSSR count). The summed E-state index contributed by atoms with van der Waals surface area (Å²) in [6.07, 6.45) is 10.2. The first kappa shape index (κ1) is 21.2. The Kier molecular flexibility index (Phi) is 8.85. The average molecular weight is 369 g/mol. The van der Waals surface area contributed by atoms with Gasteiger partial charge in [0.1, 0.15) is 12.4 Å². The van der Waals surface area contributed by atoms with Crippen LogP contribution in [0.5, 0.6) is 0 Å². The molecule has 0 aliphatic carbocycles. The molecular formula is C20H36N2O4. The van der Waals surface area contributed by atoms with Crippen molar-refractivity contribution in [3.8, 4) is 0 Å². The van der Waals surface area contributed by atoms with E-state index < -0.39 is 0 Å². The van der Waals surface area contributed by atoms with Crippen LogP contribution in [0.15, 0.2) is 0 Å². The molecule has 0 spiro atoms. The molecule has 0 aromatic carbocycles. The lowest BCUT2D eigenvalue weighted by Gasteiger charge is -2.34. The minimum atomic E-state index is -0.301. The highest BCUT2D eigenvalue weighted by atomic mass is 16.5. The summed E-state index contributed by atoms with van der Waals surface area (Å²) in [6, 6.07) is 0.333. The largest absolute Gasteiger partial charge is 0.448 e. The molecule has 0 bridgehead atoms. The molecule has 2 fully saturated rings. The third kappa shape index (κ3) is 6.23. The van der Waals surface area contributed by atoms with Gasteiger partial charge in [-0.3, -0.25) is 4.90 Å². The molecule has 150 valence electrons. The molecule has 6 nitrogen and oxygen atoms in total. The van der Waals surface area contributed by atoms with E-state index in [0.29, 0.717) is 25.6 Å². The van der Waals surface area contributed by atoms with Crippen molar-refractivity contribution >= 4 is 11.9 Å². The molecule has 26 heavy (non-hydrogen) atoms. The zero-order chi connectivity index (χ0) is 18.8. The number of ketones is 1. The minimum absolute atomic E-state index is 0.182. The van der Waals surface area contributed by atoms with E-state index in [-0.39, 0.29) is 17.4 Å². The van der Waals surface area contributed by atoms with Crippen molar-refractivity contribution in [2.45, 2.75) is 82.7 Å². The lowest BCUT2D eigenvalue weighted by atomic mass is 9.95. The highest BCUT2D eigenvalue weighted by Crippen LogP contribution is 2.42. The van der Waals surface area contributed by atoms with E-state index in [1.54, 1.807) is 14.0 Å². The Morgan fingerprint density at radius 3 is 2.69 bits per heavy atom. The second-order valence-electron chi connectivity index (χ2n) is 7.89. The summed E-state index contributed by atoms with van der Waals surface area (Å²) in [4.78, 5) is 25.2. The molecule has 1 amide bonds. The van der Waals surface area contributed by atoms with E-state index in [2.05, 4.69) is 10.2 Å². The zero-order valence-electron chi connectivity index (χ0n) is 16.6. The molecule has 1 N–H and O–H groups in total. The van der Waals surface area contributed by atoms with Crippen LogP contribution in [0, 0.1) is 0 Å². The first-order valence-corrected chi connectivity index (χ1v) is 10.2. The van der Waals surface area contributed by atoms with Gasteiger partial charge in [-0.1, -0.05) is 19.3 Å². The van der Waals surface area contributed by atoms with Gasteiger partial charge < -0.3 is 19.6 Å². The Morgan fingerprint density at radius 1 is 1.15 bits per heavy atom. The fourth-order valence-corrected chi connectivity index (χ4v) is 4.50. The number of nitrogens with zero attached hydrogens (tertiary/aromatic N) is 1. The van der Waals surface area contributed by atoms with Crippen LogP contribution in [0.4, 0.5) is 4.79 Å². The standard InChI is InChI=1S/C20H36N2O4/c1-17(23)9-6-4-3-5-7-13-21-19(24)26-15-18-10-12-20(16-25-2)11-8-14-22(18)20/h18H,3-16H2,1-2H3,(H,21,24)/t18-,20?/m1/s1. The molecule has 0 radical (unpaired) electrons. The summed E-state index contributed by atoms with van der Waals surface area (Å²) < 4.78 is 10.9. The van der Waals surface area contributed by atoms with Gasteiger partial charge in [0.25, 0.3) is 0 Å². The normalized spacial score (nSPS) is 25.2. The highest BCUT2D eigenvalue weighted by molar-refractivity contribution is 5.75. The number of fused-ring (bicyclic) bond motifs is 1. The van der Waals surface area contributed by atoms with Crippen LogP contribution < -0.4 is 5.32 Å². The van der Waals surface area contributed by atoms with Crippen molar-refractivity contribution in [1.29, 1.82) is 0 Å². The lowest BCUT2D eigenvalue weighted by molar-refractivity contribution is -0.117. The van der Waals surface area contributed by atoms with E-state index in [1.807, 2.05) is 0 Å². The number of Topliss-reactive ketones (excluding diaryl/α,β-unsaturated/α-hetero) is 1. The number of ether oxygens (including phenoxy) is 2. The number of hydrogen-bond acceptors (Lipinski definition) is 5. The van der Waals surface area contributed by atoms with Crippen LogP contribution in [0.3, 0.4) is 0 Å². The highest BCUT2D eigenvalue weighted by Gasteiger charge is 2.49. The minimum Gasteiger partial charge on any atom is -0.448 e. The number of alkyl carbamates (subject to hydrolysis) is 1. The fourth-order valence-electron chi connectivity index (χ4n) is 4.50. The Bertz CT molecular complexity index is 457. The Hall–Kier alpha value is -1.14. The van der Waals surface area contributed by atoms with Crippen LogP contribution in [-0.2, 0) is 14.3 Å². The van der Waals surface area contributed by atoms with E-state index in [1.165, 1.54) is 12.8 Å². The van der Waals surface area contributed by atoms with Gasteiger partial charge in [-0.15, -0.1) is 0 Å². The van der Waals surface area contributed by atoms with Gasteiger partial charge >= 0.3 is 6.09 Å². The maximum atomic E-state index is 11.9. The maximum Gasteiger partial charge on any atom is 0.407 e. The molecule has 2 heterocycles. The number of rotatable bonds is 12. The SMILES string of the molecule is COCC12CCCN1[C@@H](COC(=O)NCCCCCCCC(C)=O)CC2. The molecular weight excluding hydrogens is 332 g/mol. The maximum absolute atomic E-state index is 11.9. The third-order valence-electron chi connectivity index (χ3n) is 5.83. The van der Waals surface area contributed by atoms with Crippen molar-refractivity contribution in [3.05, 3.63) is 0 Å². The van der Waals surface area contributed by atoms with Gasteiger partial charge in [0.05, 0.1) is 6.61 Å². The van der Waals surface area contributed by atoms with Gasteiger partial charge in [-0.25, -0.2) is 4.79 Å². The summed E-state index contributed by atoms with van der Waals surface area (Å²) in [5.74, 6) is 0.269. The van der Waals surface area contributed by atoms with E-state index in [4.69, 9.17) is 9.47 Å². The Balaban J connectivity index is 1.52. The molecule has 1 unspecified atom stereocenters. The van der Waals surface area contributed by atoms with Gasteiger partial charge in [0.2, 0.25) is 0 Å². The summed E-state index contributed by atoms with van der Waals surface area (Å²) in [5.41, 5.74) is 0.182. The zero-order valence-corrected chi connectivity index (χ0v) is 16.6. The Labute approximate surface area is 158 Å². The third-order valence-corrected chi connectivity index (χ3v) is 5.83. The summed E-state index contributed by atoms with van der Waals surface area (Å²) >= 11 is 0. The number of hydrogen-bond donors (Lipinski definition) is 1. The van der Waals surface area contributed by atoms with Gasteiger partial charge in [-0.2, -0.15) is 0 Å². The van der Waals surface area contributed by atoms with E-state index in [0.717, 1.165) is 58.1 Å². The number of carbonyl (C=O) groups excluding carboxylic acids is 2. The monoisotopic (exact) mass is 368 g/mol. The topological polar surface area (TPSA) is 67.9 Å². The van der Waals surface area contributed by atoms with Crippen LogP contribution in [0.1, 0.15) is 71.1 Å². The smallest absolute Gasteiger partial charge is 0.407 e. The molecule has 2 aliphatic rings. The van der Waals surface area contributed by atoms with Crippen molar-refractivity contribution in [3.63, 3.8) is 0 Å². The van der Waals surface area contributed by atoms with E-state index in [9.17, 15) is 9.59 Å². The van der Waals surface area contributed by atoms with Crippen LogP contribution >= 0.6 is 0 Å². The first-order valence-electron chi connectivity index (χ1n) is 10.2. The summed E-state index contributed by atoms with van der Waals surface area (Å²) in [5, 5.41) is 2.85. The predicted octanol–water partition coefficient (Wildman–Crippen LogP) is 3.29. The molecule has 2 atom stereocenters. The number of unbranched alkanes of at least 4 members (excludes halogenated alkanes) is 4. The van der Waals surface area contributed by atoms with Crippen molar-refractivity contribution in [2.24, 2.45) is 0 Å². The number of nitrogens with one attached hydrogen (secondary N) is 1. The van der Waals surface area contributed by atoms with Crippen molar-refractivity contribution < 1.29 is 19.1 Å². The number of carbonyl (C=O) groups is 2. The number of amides is 1. The molecule has 0 aromatic heterocycles.